The normalized spacial score (nSPS) is 9.40. The highest BCUT2D eigenvalue weighted by molar-refractivity contribution is 6.37. The number of hydrogen-bond acceptors (Lipinski definition) is 2. The Morgan fingerprint density at radius 2 is 1.90 bits per heavy atom. The standard InChI is InChI=1S/C8H13O2/c1-3-5-6-8(10)7(9)4-2/h2-6H2,1H3. The molecule has 0 heterocycles. The van der Waals surface area contributed by atoms with Gasteiger partial charge >= 0.3 is 0 Å². The smallest absolute Gasteiger partial charge is 0.198 e. The fraction of sp³-hybridized carbons (Fsp3) is 0.625. The van der Waals surface area contributed by atoms with Crippen molar-refractivity contribution in [1.29, 1.82) is 0 Å². The van der Waals surface area contributed by atoms with E-state index in [1.54, 1.807) is 0 Å². The van der Waals surface area contributed by atoms with Crippen molar-refractivity contribution in [3.63, 3.8) is 0 Å². The Morgan fingerprint density at radius 1 is 1.30 bits per heavy atom. The van der Waals surface area contributed by atoms with Crippen LogP contribution in [0.4, 0.5) is 0 Å². The summed E-state index contributed by atoms with van der Waals surface area (Å²) in [6.45, 7) is 5.33. The quantitative estimate of drug-likeness (QED) is 0.544. The van der Waals surface area contributed by atoms with Gasteiger partial charge in [-0.2, -0.15) is 0 Å². The Bertz CT molecular complexity index is 127. The van der Waals surface area contributed by atoms with Crippen molar-refractivity contribution in [2.45, 2.75) is 32.6 Å². The molecule has 0 saturated carbocycles. The maximum absolute atomic E-state index is 10.7. The van der Waals surface area contributed by atoms with E-state index in [1.807, 2.05) is 6.92 Å². The SMILES string of the molecule is [CH2]CC(=O)C(=O)CCCC. The lowest BCUT2D eigenvalue weighted by molar-refractivity contribution is -0.136. The first-order valence-corrected chi connectivity index (χ1v) is 3.57. The van der Waals surface area contributed by atoms with E-state index in [4.69, 9.17) is 0 Å². The van der Waals surface area contributed by atoms with Crippen molar-refractivity contribution in [1.82, 2.24) is 0 Å². The minimum absolute atomic E-state index is 0.0997. The van der Waals surface area contributed by atoms with Crippen molar-refractivity contribution in [2.24, 2.45) is 0 Å². The summed E-state index contributed by atoms with van der Waals surface area (Å²) in [7, 11) is 0. The molecule has 0 aromatic carbocycles. The number of rotatable bonds is 5. The van der Waals surface area contributed by atoms with Crippen LogP contribution in [0.15, 0.2) is 0 Å². The summed E-state index contributed by atoms with van der Waals surface area (Å²) in [6, 6.07) is 0. The first kappa shape index (κ1) is 9.34. The average molecular weight is 141 g/mol. The van der Waals surface area contributed by atoms with E-state index >= 15 is 0 Å². The molecule has 0 aliphatic carbocycles. The van der Waals surface area contributed by atoms with Crippen LogP contribution in [0.5, 0.6) is 0 Å². The summed E-state index contributed by atoms with van der Waals surface area (Å²) in [5.41, 5.74) is 0. The van der Waals surface area contributed by atoms with Crippen LogP contribution in [0.25, 0.3) is 0 Å². The molecule has 2 nitrogen and oxygen atoms in total. The third-order valence-corrected chi connectivity index (χ3v) is 1.30. The Hall–Kier alpha value is -0.660. The number of ketones is 2. The zero-order valence-electron chi connectivity index (χ0n) is 6.35. The molecule has 2 heteroatoms. The molecule has 0 aromatic heterocycles. The van der Waals surface area contributed by atoms with Crippen LogP contribution in [0, 0.1) is 6.92 Å². The van der Waals surface area contributed by atoms with E-state index in [1.165, 1.54) is 0 Å². The molecule has 0 aromatic rings. The maximum Gasteiger partial charge on any atom is 0.198 e. The van der Waals surface area contributed by atoms with Crippen LogP contribution in [0.2, 0.25) is 0 Å². The van der Waals surface area contributed by atoms with E-state index in [9.17, 15) is 9.59 Å². The van der Waals surface area contributed by atoms with Gasteiger partial charge in [-0.05, 0) is 13.3 Å². The Morgan fingerprint density at radius 3 is 2.30 bits per heavy atom. The molecule has 0 amide bonds. The minimum atomic E-state index is -0.339. The van der Waals surface area contributed by atoms with Crippen molar-refractivity contribution in [3.8, 4) is 0 Å². The molecule has 0 N–H and O–H groups in total. The summed E-state index contributed by atoms with van der Waals surface area (Å²) in [5.74, 6) is -0.606. The highest BCUT2D eigenvalue weighted by Crippen LogP contribution is 1.97. The van der Waals surface area contributed by atoms with Crippen molar-refractivity contribution < 1.29 is 9.59 Å². The highest BCUT2D eigenvalue weighted by Gasteiger charge is 2.08. The van der Waals surface area contributed by atoms with Gasteiger partial charge in [-0.15, -0.1) is 0 Å². The van der Waals surface area contributed by atoms with Crippen molar-refractivity contribution in [3.05, 3.63) is 6.92 Å². The van der Waals surface area contributed by atoms with Crippen LogP contribution < -0.4 is 0 Å². The summed E-state index contributed by atoms with van der Waals surface area (Å²) in [6.07, 6.45) is 2.26. The van der Waals surface area contributed by atoms with Gasteiger partial charge in [-0.25, -0.2) is 0 Å². The lowest BCUT2D eigenvalue weighted by atomic mass is 10.1. The van der Waals surface area contributed by atoms with E-state index in [0.29, 0.717) is 6.42 Å². The van der Waals surface area contributed by atoms with Crippen molar-refractivity contribution in [2.75, 3.05) is 0 Å². The lowest BCUT2D eigenvalue weighted by Crippen LogP contribution is -2.11. The summed E-state index contributed by atoms with van der Waals surface area (Å²) in [5, 5.41) is 0. The van der Waals surface area contributed by atoms with Gasteiger partial charge in [-0.3, -0.25) is 9.59 Å². The molecule has 10 heavy (non-hydrogen) atoms. The first-order chi connectivity index (χ1) is 4.72. The van der Waals surface area contributed by atoms with Gasteiger partial charge in [0.2, 0.25) is 0 Å². The van der Waals surface area contributed by atoms with E-state index in [2.05, 4.69) is 6.92 Å². The third-order valence-electron chi connectivity index (χ3n) is 1.30. The zero-order valence-corrected chi connectivity index (χ0v) is 6.35. The third kappa shape index (κ3) is 3.38. The second kappa shape index (κ2) is 5.15. The van der Waals surface area contributed by atoms with E-state index in [-0.39, 0.29) is 18.0 Å². The molecule has 0 aliphatic rings. The summed E-state index contributed by atoms with van der Waals surface area (Å²) in [4.78, 5) is 21.3. The molecular weight excluding hydrogens is 128 g/mol. The molecule has 0 saturated heterocycles. The van der Waals surface area contributed by atoms with Crippen molar-refractivity contribution >= 4 is 11.6 Å². The molecule has 0 unspecified atom stereocenters. The fourth-order valence-corrected chi connectivity index (χ4v) is 0.616. The second-order valence-electron chi connectivity index (χ2n) is 2.20. The molecule has 57 valence electrons. The van der Waals surface area contributed by atoms with Gasteiger partial charge in [0.1, 0.15) is 0 Å². The lowest BCUT2D eigenvalue weighted by Gasteiger charge is -1.93. The predicted molar refractivity (Wildman–Crippen MR) is 39.5 cm³/mol. The first-order valence-electron chi connectivity index (χ1n) is 3.57. The fourth-order valence-electron chi connectivity index (χ4n) is 0.616. The molecule has 1 radical (unpaired) electrons. The maximum atomic E-state index is 10.7. The largest absolute Gasteiger partial charge is 0.291 e. The minimum Gasteiger partial charge on any atom is -0.291 e. The summed E-state index contributed by atoms with van der Waals surface area (Å²) >= 11 is 0. The number of carbonyl (C=O) groups is 2. The van der Waals surface area contributed by atoms with Crippen LogP contribution in [0.1, 0.15) is 32.6 Å². The van der Waals surface area contributed by atoms with Gasteiger partial charge in [0, 0.05) is 12.8 Å². The van der Waals surface area contributed by atoms with Crippen LogP contribution in [-0.2, 0) is 9.59 Å². The van der Waals surface area contributed by atoms with Crippen LogP contribution >= 0.6 is 0 Å². The molecule has 0 rings (SSSR count). The van der Waals surface area contributed by atoms with Gasteiger partial charge in [0.25, 0.3) is 0 Å². The van der Waals surface area contributed by atoms with E-state index < -0.39 is 0 Å². The van der Waals surface area contributed by atoms with E-state index in [0.717, 1.165) is 12.8 Å². The van der Waals surface area contributed by atoms with Gasteiger partial charge in [0.15, 0.2) is 11.6 Å². The summed E-state index contributed by atoms with van der Waals surface area (Å²) < 4.78 is 0. The van der Waals surface area contributed by atoms with Crippen LogP contribution in [-0.4, -0.2) is 11.6 Å². The van der Waals surface area contributed by atoms with Crippen LogP contribution in [0.3, 0.4) is 0 Å². The molecule has 0 fully saturated rings. The molecular formula is C8H13O2. The number of carbonyl (C=O) groups excluding carboxylic acids is 2. The number of Topliss-reactive ketones (excluding diaryl/α,β-unsaturated/α-hetero) is 2. The topological polar surface area (TPSA) is 34.1 Å². The monoisotopic (exact) mass is 141 g/mol. The number of unbranched alkanes of at least 4 members (excludes halogenated alkanes) is 1. The molecule has 0 atom stereocenters. The highest BCUT2D eigenvalue weighted by atomic mass is 16.2. The Kier molecular flexibility index (Phi) is 4.81. The predicted octanol–water partition coefficient (Wildman–Crippen LogP) is 1.54. The number of hydrogen-bond donors (Lipinski definition) is 0. The van der Waals surface area contributed by atoms with Gasteiger partial charge in [0.05, 0.1) is 0 Å². The Labute approximate surface area is 61.6 Å². The zero-order chi connectivity index (χ0) is 7.98. The van der Waals surface area contributed by atoms with Gasteiger partial charge in [-0.1, -0.05) is 13.3 Å². The molecule has 0 spiro atoms. The van der Waals surface area contributed by atoms with Gasteiger partial charge < -0.3 is 0 Å². The molecule has 0 bridgehead atoms. The average Bonchev–Trinajstić information content (AvgIpc) is 1.98. The Balaban J connectivity index is 3.52. The second-order valence-corrected chi connectivity index (χ2v) is 2.20. The molecule has 0 aliphatic heterocycles.